The Hall–Kier alpha value is -1.98. The number of aromatic nitrogens is 3. The second-order valence-electron chi connectivity index (χ2n) is 4.79. The smallest absolute Gasteiger partial charge is 0.183 e. The average molecular weight is 297 g/mol. The van der Waals surface area contributed by atoms with Crippen LogP contribution in [0.3, 0.4) is 0 Å². The van der Waals surface area contributed by atoms with E-state index in [2.05, 4.69) is 45.7 Å². The molecule has 0 atom stereocenters. The van der Waals surface area contributed by atoms with E-state index >= 15 is 0 Å². The van der Waals surface area contributed by atoms with Gasteiger partial charge in [0.15, 0.2) is 10.4 Å². The third-order valence-electron chi connectivity index (χ3n) is 3.35. The Bertz CT molecular complexity index is 991. The average Bonchev–Trinajstić information content (AvgIpc) is 3.00. The highest BCUT2D eigenvalue weighted by molar-refractivity contribution is 7.71. The third-order valence-corrected chi connectivity index (χ3v) is 4.54. The lowest BCUT2D eigenvalue weighted by atomic mass is 10.2. The van der Waals surface area contributed by atoms with E-state index in [0.29, 0.717) is 4.77 Å². The standard InChI is InChI=1S/C15H11N3S2/c1-9-6-12-14(16-8-9)18(15(19)17-12)11-2-3-13-10(7-11)4-5-20-13/h2-8H,1H3,(H,17,19). The highest BCUT2D eigenvalue weighted by Gasteiger charge is 2.08. The Morgan fingerprint density at radius 3 is 3.05 bits per heavy atom. The number of fused-ring (bicyclic) bond motifs is 2. The molecule has 1 aromatic carbocycles. The van der Waals surface area contributed by atoms with Gasteiger partial charge in [0.2, 0.25) is 0 Å². The zero-order chi connectivity index (χ0) is 13.7. The van der Waals surface area contributed by atoms with Crippen molar-refractivity contribution in [2.45, 2.75) is 6.92 Å². The second kappa shape index (κ2) is 4.26. The molecule has 3 nitrogen and oxygen atoms in total. The summed E-state index contributed by atoms with van der Waals surface area (Å²) in [6.07, 6.45) is 1.87. The summed E-state index contributed by atoms with van der Waals surface area (Å²) < 4.78 is 3.94. The quantitative estimate of drug-likeness (QED) is 0.521. The van der Waals surface area contributed by atoms with Crippen LogP contribution in [0.1, 0.15) is 5.56 Å². The molecule has 0 aliphatic carbocycles. The number of nitrogens with zero attached hydrogens (tertiary/aromatic N) is 2. The van der Waals surface area contributed by atoms with Gasteiger partial charge in [-0.15, -0.1) is 11.3 Å². The maximum atomic E-state index is 5.45. The molecule has 3 aromatic heterocycles. The minimum atomic E-state index is 0.674. The predicted molar refractivity (Wildman–Crippen MR) is 86.4 cm³/mol. The van der Waals surface area contributed by atoms with E-state index in [4.69, 9.17) is 12.2 Å². The van der Waals surface area contributed by atoms with E-state index in [-0.39, 0.29) is 0 Å². The fourth-order valence-corrected chi connectivity index (χ4v) is 3.50. The summed E-state index contributed by atoms with van der Waals surface area (Å²) in [6.45, 7) is 2.03. The highest BCUT2D eigenvalue weighted by atomic mass is 32.1. The molecule has 0 amide bonds. The molecule has 98 valence electrons. The van der Waals surface area contributed by atoms with Crippen LogP contribution >= 0.6 is 23.6 Å². The monoisotopic (exact) mass is 297 g/mol. The Balaban J connectivity index is 2.05. The number of hydrogen-bond acceptors (Lipinski definition) is 3. The van der Waals surface area contributed by atoms with Crippen LogP contribution in [0.2, 0.25) is 0 Å². The van der Waals surface area contributed by atoms with Crippen LogP contribution < -0.4 is 0 Å². The summed E-state index contributed by atoms with van der Waals surface area (Å²) in [6, 6.07) is 10.6. The van der Waals surface area contributed by atoms with Gasteiger partial charge in [-0.25, -0.2) is 4.98 Å². The summed E-state index contributed by atoms with van der Waals surface area (Å²) in [7, 11) is 0. The van der Waals surface area contributed by atoms with Crippen molar-refractivity contribution >= 4 is 44.8 Å². The molecule has 0 fully saturated rings. The minimum Gasteiger partial charge on any atom is -0.329 e. The van der Waals surface area contributed by atoms with Crippen molar-refractivity contribution in [3.63, 3.8) is 0 Å². The Kier molecular flexibility index (Phi) is 2.52. The Morgan fingerprint density at radius 2 is 2.15 bits per heavy atom. The molecule has 3 heterocycles. The molecule has 1 N–H and O–H groups in total. The van der Waals surface area contributed by atoms with Gasteiger partial charge in [-0.2, -0.15) is 0 Å². The van der Waals surface area contributed by atoms with Crippen molar-refractivity contribution in [2.75, 3.05) is 0 Å². The van der Waals surface area contributed by atoms with Crippen molar-refractivity contribution in [1.82, 2.24) is 14.5 Å². The molecular formula is C15H11N3S2. The van der Waals surface area contributed by atoms with E-state index in [1.165, 1.54) is 10.1 Å². The molecule has 0 radical (unpaired) electrons. The van der Waals surface area contributed by atoms with Gasteiger partial charge in [0.1, 0.15) is 0 Å². The zero-order valence-electron chi connectivity index (χ0n) is 10.8. The normalized spacial score (nSPS) is 11.4. The van der Waals surface area contributed by atoms with Crippen LogP contribution in [0.4, 0.5) is 0 Å². The van der Waals surface area contributed by atoms with Crippen LogP contribution in [-0.2, 0) is 0 Å². The molecule has 0 spiro atoms. The first-order chi connectivity index (χ1) is 9.72. The number of thiophene rings is 1. The number of pyridine rings is 1. The maximum Gasteiger partial charge on any atom is 0.183 e. The molecule has 0 saturated carbocycles. The van der Waals surface area contributed by atoms with Crippen molar-refractivity contribution < 1.29 is 0 Å². The molecule has 4 rings (SSSR count). The third kappa shape index (κ3) is 1.71. The number of hydrogen-bond donors (Lipinski definition) is 1. The van der Waals surface area contributed by atoms with Crippen molar-refractivity contribution in [3.8, 4) is 5.69 Å². The summed E-state index contributed by atoms with van der Waals surface area (Å²) in [5, 5.41) is 3.33. The van der Waals surface area contributed by atoms with Gasteiger partial charge in [-0.3, -0.25) is 4.57 Å². The molecule has 4 aromatic rings. The number of aryl methyl sites for hydroxylation is 1. The lowest BCUT2D eigenvalue weighted by molar-refractivity contribution is 1.05. The van der Waals surface area contributed by atoms with Gasteiger partial charge in [-0.1, -0.05) is 0 Å². The minimum absolute atomic E-state index is 0.674. The summed E-state index contributed by atoms with van der Waals surface area (Å²) in [5.41, 5.74) is 4.01. The van der Waals surface area contributed by atoms with E-state index < -0.39 is 0 Å². The molecule has 0 saturated heterocycles. The number of benzene rings is 1. The molecule has 0 aliphatic rings. The molecule has 0 aliphatic heterocycles. The number of aromatic amines is 1. The van der Waals surface area contributed by atoms with Crippen molar-refractivity contribution in [2.24, 2.45) is 0 Å². The first kappa shape index (κ1) is 11.8. The fourth-order valence-electron chi connectivity index (χ4n) is 2.43. The largest absolute Gasteiger partial charge is 0.329 e. The van der Waals surface area contributed by atoms with Gasteiger partial charge in [0, 0.05) is 10.9 Å². The SMILES string of the molecule is Cc1cnc2c(c1)[nH]c(=S)n2-c1ccc2sccc2c1. The first-order valence-corrected chi connectivity index (χ1v) is 7.56. The van der Waals surface area contributed by atoms with Gasteiger partial charge < -0.3 is 4.98 Å². The number of H-pyrrole nitrogens is 1. The predicted octanol–water partition coefficient (Wildman–Crippen LogP) is 4.61. The lowest BCUT2D eigenvalue weighted by Crippen LogP contribution is -1.95. The Morgan fingerprint density at radius 1 is 1.25 bits per heavy atom. The molecular weight excluding hydrogens is 286 g/mol. The maximum absolute atomic E-state index is 5.45. The summed E-state index contributed by atoms with van der Waals surface area (Å²) in [4.78, 5) is 7.74. The number of imidazole rings is 1. The summed E-state index contributed by atoms with van der Waals surface area (Å²) in [5.74, 6) is 0. The first-order valence-electron chi connectivity index (χ1n) is 6.27. The molecule has 5 heteroatoms. The highest BCUT2D eigenvalue weighted by Crippen LogP contribution is 2.25. The topological polar surface area (TPSA) is 33.6 Å². The van der Waals surface area contributed by atoms with E-state index in [1.54, 1.807) is 11.3 Å². The van der Waals surface area contributed by atoms with Gasteiger partial charge >= 0.3 is 0 Å². The van der Waals surface area contributed by atoms with Crippen molar-refractivity contribution in [3.05, 3.63) is 52.2 Å². The fraction of sp³-hybridized carbons (Fsp3) is 0.0667. The van der Waals surface area contributed by atoms with E-state index in [1.807, 2.05) is 17.7 Å². The van der Waals surface area contributed by atoms with E-state index in [0.717, 1.165) is 22.4 Å². The van der Waals surface area contributed by atoms with Crippen LogP contribution in [0.15, 0.2) is 41.9 Å². The van der Waals surface area contributed by atoms with Gasteiger partial charge in [0.05, 0.1) is 11.2 Å². The van der Waals surface area contributed by atoms with Gasteiger partial charge in [-0.05, 0) is 65.8 Å². The zero-order valence-corrected chi connectivity index (χ0v) is 12.4. The van der Waals surface area contributed by atoms with Crippen LogP contribution in [0.5, 0.6) is 0 Å². The molecule has 20 heavy (non-hydrogen) atoms. The Labute approximate surface area is 124 Å². The number of nitrogens with one attached hydrogen (secondary N) is 1. The molecule has 0 unspecified atom stereocenters. The second-order valence-corrected chi connectivity index (χ2v) is 6.13. The summed E-state index contributed by atoms with van der Waals surface area (Å²) >= 11 is 7.19. The van der Waals surface area contributed by atoms with Crippen LogP contribution in [-0.4, -0.2) is 14.5 Å². The number of rotatable bonds is 1. The van der Waals surface area contributed by atoms with Crippen LogP contribution in [0, 0.1) is 11.7 Å². The van der Waals surface area contributed by atoms with Crippen LogP contribution in [0.25, 0.3) is 26.9 Å². The van der Waals surface area contributed by atoms with Gasteiger partial charge in [0.25, 0.3) is 0 Å². The van der Waals surface area contributed by atoms with E-state index in [9.17, 15) is 0 Å². The lowest BCUT2D eigenvalue weighted by Gasteiger charge is -2.04. The molecule has 0 bridgehead atoms. The van der Waals surface area contributed by atoms with Crippen molar-refractivity contribution in [1.29, 1.82) is 0 Å².